The molecule has 0 unspecified atom stereocenters. The number of nitrogens with one attached hydrogen (secondary N) is 1. The van der Waals surface area contributed by atoms with E-state index in [2.05, 4.69) is 17.3 Å². The van der Waals surface area contributed by atoms with Crippen LogP contribution < -0.4 is 16.0 Å². The zero-order chi connectivity index (χ0) is 10.9. The molecule has 0 amide bonds. The van der Waals surface area contributed by atoms with E-state index < -0.39 is 0 Å². The number of nitrogens with two attached hydrogens (primary N) is 1. The second-order valence-electron chi connectivity index (χ2n) is 3.40. The summed E-state index contributed by atoms with van der Waals surface area (Å²) in [5.41, 5.74) is 2.51. The number of unbranched alkanes of at least 4 members (excludes halogenated alkanes) is 3. The molecule has 0 radical (unpaired) electrons. The molecule has 4 heteroatoms. The lowest BCUT2D eigenvalue weighted by atomic mass is 10.2. The molecule has 0 spiro atoms. The van der Waals surface area contributed by atoms with Gasteiger partial charge in [-0.25, -0.2) is 10.8 Å². The molecule has 4 nitrogen and oxygen atoms in total. The SMILES string of the molecule is CCCCCCOc1cccnc1NN. The molecule has 15 heavy (non-hydrogen) atoms. The van der Waals surface area contributed by atoms with Gasteiger partial charge in [0.15, 0.2) is 11.6 Å². The first kappa shape index (κ1) is 11.8. The number of anilines is 1. The number of aromatic nitrogens is 1. The number of pyridine rings is 1. The Morgan fingerprint density at radius 2 is 2.27 bits per heavy atom. The van der Waals surface area contributed by atoms with Crippen molar-refractivity contribution in [1.29, 1.82) is 0 Å². The first-order valence-corrected chi connectivity index (χ1v) is 5.43. The topological polar surface area (TPSA) is 60.2 Å². The minimum absolute atomic E-state index is 0.591. The molecule has 0 bridgehead atoms. The lowest BCUT2D eigenvalue weighted by Crippen LogP contribution is -2.10. The summed E-state index contributed by atoms with van der Waals surface area (Å²) in [7, 11) is 0. The fourth-order valence-electron chi connectivity index (χ4n) is 1.33. The number of rotatable bonds is 7. The molecule has 0 saturated carbocycles. The summed E-state index contributed by atoms with van der Waals surface area (Å²) >= 11 is 0. The van der Waals surface area contributed by atoms with Crippen molar-refractivity contribution in [1.82, 2.24) is 4.98 Å². The zero-order valence-corrected chi connectivity index (χ0v) is 9.20. The molecule has 0 aliphatic carbocycles. The summed E-state index contributed by atoms with van der Waals surface area (Å²) in [5, 5.41) is 0. The molecule has 84 valence electrons. The van der Waals surface area contributed by atoms with Gasteiger partial charge in [-0.2, -0.15) is 0 Å². The van der Waals surface area contributed by atoms with E-state index >= 15 is 0 Å². The third-order valence-corrected chi connectivity index (χ3v) is 2.16. The lowest BCUT2D eigenvalue weighted by Gasteiger charge is -2.09. The summed E-state index contributed by atoms with van der Waals surface area (Å²) < 4.78 is 5.57. The van der Waals surface area contributed by atoms with E-state index in [-0.39, 0.29) is 0 Å². The molecule has 1 rings (SSSR count). The number of hydrazine groups is 1. The second-order valence-corrected chi connectivity index (χ2v) is 3.40. The fourth-order valence-corrected chi connectivity index (χ4v) is 1.33. The van der Waals surface area contributed by atoms with Crippen LogP contribution in [0.4, 0.5) is 5.82 Å². The van der Waals surface area contributed by atoms with Crippen LogP contribution in [0.3, 0.4) is 0 Å². The molecule has 1 aromatic heterocycles. The van der Waals surface area contributed by atoms with Gasteiger partial charge in [-0.15, -0.1) is 0 Å². The van der Waals surface area contributed by atoms with Gasteiger partial charge in [0.2, 0.25) is 0 Å². The number of nitrogen functional groups attached to an aromatic ring is 1. The van der Waals surface area contributed by atoms with Crippen molar-refractivity contribution >= 4 is 5.82 Å². The van der Waals surface area contributed by atoms with Gasteiger partial charge in [0.1, 0.15) is 0 Å². The van der Waals surface area contributed by atoms with Gasteiger partial charge in [0, 0.05) is 6.20 Å². The van der Waals surface area contributed by atoms with Crippen LogP contribution in [0.25, 0.3) is 0 Å². The quantitative estimate of drug-likeness (QED) is 0.411. The first-order valence-electron chi connectivity index (χ1n) is 5.43. The van der Waals surface area contributed by atoms with Crippen molar-refractivity contribution in [3.8, 4) is 5.75 Å². The summed E-state index contributed by atoms with van der Waals surface area (Å²) in [6.07, 6.45) is 6.47. The molecule has 3 N–H and O–H groups in total. The molecular formula is C11H19N3O. The minimum atomic E-state index is 0.591. The Labute approximate surface area is 90.8 Å². The monoisotopic (exact) mass is 209 g/mol. The molecule has 0 atom stereocenters. The average molecular weight is 209 g/mol. The van der Waals surface area contributed by atoms with Crippen LogP contribution in [0.2, 0.25) is 0 Å². The van der Waals surface area contributed by atoms with Gasteiger partial charge < -0.3 is 10.2 Å². The van der Waals surface area contributed by atoms with Crippen LogP contribution in [0.15, 0.2) is 18.3 Å². The smallest absolute Gasteiger partial charge is 0.182 e. The summed E-state index contributed by atoms with van der Waals surface area (Å²) in [6, 6.07) is 3.70. The van der Waals surface area contributed by atoms with Gasteiger partial charge in [-0.05, 0) is 18.6 Å². The summed E-state index contributed by atoms with van der Waals surface area (Å²) in [6.45, 7) is 2.92. The number of nitrogens with zero attached hydrogens (tertiary/aromatic N) is 1. The van der Waals surface area contributed by atoms with Crippen LogP contribution in [0, 0.1) is 0 Å². The van der Waals surface area contributed by atoms with Crippen molar-refractivity contribution in [2.24, 2.45) is 5.84 Å². The molecule has 0 fully saturated rings. The van der Waals surface area contributed by atoms with Crippen LogP contribution in [-0.4, -0.2) is 11.6 Å². The van der Waals surface area contributed by atoms with Crippen molar-refractivity contribution in [2.75, 3.05) is 12.0 Å². The van der Waals surface area contributed by atoms with Crippen LogP contribution in [-0.2, 0) is 0 Å². The predicted molar refractivity (Wildman–Crippen MR) is 61.7 cm³/mol. The highest BCUT2D eigenvalue weighted by Crippen LogP contribution is 2.19. The largest absolute Gasteiger partial charge is 0.490 e. The van der Waals surface area contributed by atoms with E-state index in [0.717, 1.165) is 18.8 Å². The maximum Gasteiger partial charge on any atom is 0.182 e. The Kier molecular flexibility index (Phi) is 5.55. The Balaban J connectivity index is 2.30. The van der Waals surface area contributed by atoms with Gasteiger partial charge in [0.05, 0.1) is 6.61 Å². The third kappa shape index (κ3) is 4.16. The molecule has 1 aromatic rings. The van der Waals surface area contributed by atoms with Crippen molar-refractivity contribution in [2.45, 2.75) is 32.6 Å². The minimum Gasteiger partial charge on any atom is -0.490 e. The van der Waals surface area contributed by atoms with Gasteiger partial charge in [0.25, 0.3) is 0 Å². The first-order chi connectivity index (χ1) is 7.38. The van der Waals surface area contributed by atoms with E-state index in [0.29, 0.717) is 5.82 Å². The van der Waals surface area contributed by atoms with Gasteiger partial charge in [-0.1, -0.05) is 26.2 Å². The molecule has 1 heterocycles. The molecule has 0 saturated heterocycles. The maximum absolute atomic E-state index is 5.57. The van der Waals surface area contributed by atoms with Gasteiger partial charge >= 0.3 is 0 Å². The van der Waals surface area contributed by atoms with Crippen molar-refractivity contribution in [3.05, 3.63) is 18.3 Å². The highest BCUT2D eigenvalue weighted by atomic mass is 16.5. The molecule has 0 aliphatic rings. The average Bonchev–Trinajstić information content (AvgIpc) is 2.29. The van der Waals surface area contributed by atoms with E-state index in [1.165, 1.54) is 19.3 Å². The number of hydrogen-bond donors (Lipinski definition) is 2. The normalized spacial score (nSPS) is 10.0. The van der Waals surface area contributed by atoms with E-state index in [9.17, 15) is 0 Å². The summed E-state index contributed by atoms with van der Waals surface area (Å²) in [5.74, 6) is 6.62. The third-order valence-electron chi connectivity index (χ3n) is 2.16. The highest BCUT2D eigenvalue weighted by Gasteiger charge is 2.01. The van der Waals surface area contributed by atoms with Crippen molar-refractivity contribution < 1.29 is 4.74 Å². The van der Waals surface area contributed by atoms with Crippen LogP contribution >= 0.6 is 0 Å². The fraction of sp³-hybridized carbons (Fsp3) is 0.545. The van der Waals surface area contributed by atoms with E-state index in [1.54, 1.807) is 6.20 Å². The van der Waals surface area contributed by atoms with E-state index in [4.69, 9.17) is 10.6 Å². The summed E-state index contributed by atoms with van der Waals surface area (Å²) in [4.78, 5) is 4.05. The molecular weight excluding hydrogens is 190 g/mol. The van der Waals surface area contributed by atoms with E-state index in [1.807, 2.05) is 12.1 Å². The highest BCUT2D eigenvalue weighted by molar-refractivity contribution is 5.48. The Morgan fingerprint density at radius 1 is 1.40 bits per heavy atom. The van der Waals surface area contributed by atoms with Crippen LogP contribution in [0.5, 0.6) is 5.75 Å². The van der Waals surface area contributed by atoms with Gasteiger partial charge in [-0.3, -0.25) is 0 Å². The van der Waals surface area contributed by atoms with Crippen molar-refractivity contribution in [3.63, 3.8) is 0 Å². The lowest BCUT2D eigenvalue weighted by molar-refractivity contribution is 0.305. The number of ether oxygens (including phenoxy) is 1. The number of hydrogen-bond acceptors (Lipinski definition) is 4. The maximum atomic E-state index is 5.57. The predicted octanol–water partition coefficient (Wildman–Crippen LogP) is 2.33. The standard InChI is InChI=1S/C11H19N3O/c1-2-3-4-5-9-15-10-7-6-8-13-11(10)14-12/h6-8H,2-5,9,12H2,1H3,(H,13,14). The van der Waals surface area contributed by atoms with Crippen LogP contribution in [0.1, 0.15) is 32.6 Å². The Morgan fingerprint density at radius 3 is 3.00 bits per heavy atom. The Bertz CT molecular complexity index is 278. The Hall–Kier alpha value is -1.29. The molecule has 0 aliphatic heterocycles. The second kappa shape index (κ2) is 7.06. The molecule has 0 aromatic carbocycles. The zero-order valence-electron chi connectivity index (χ0n) is 9.20.